The summed E-state index contributed by atoms with van der Waals surface area (Å²) in [5, 5.41) is 3.37. The number of nitrogens with one attached hydrogen (secondary N) is 1. The van der Waals surface area contributed by atoms with Crippen molar-refractivity contribution < 1.29 is 4.42 Å². The number of nitrogens with zero attached hydrogens (tertiary/aromatic N) is 3. The standard InChI is InChI=1S/C13H20N4O/c1-10(2)6-14-5-4-13-16-8-12(18-13)11-7-15-9-17(11)3/h7-10,14H,4-6H2,1-3H3. The van der Waals surface area contributed by atoms with Crippen molar-refractivity contribution in [3.8, 4) is 11.5 Å². The van der Waals surface area contributed by atoms with Gasteiger partial charge in [-0.2, -0.15) is 0 Å². The number of oxazole rings is 1. The van der Waals surface area contributed by atoms with Crippen LogP contribution < -0.4 is 5.32 Å². The molecule has 0 saturated carbocycles. The van der Waals surface area contributed by atoms with Crippen LogP contribution in [0.1, 0.15) is 19.7 Å². The first kappa shape index (κ1) is 12.8. The number of imidazole rings is 1. The van der Waals surface area contributed by atoms with Crippen LogP contribution >= 0.6 is 0 Å². The lowest BCUT2D eigenvalue weighted by Gasteiger charge is -2.05. The van der Waals surface area contributed by atoms with Crippen molar-refractivity contribution in [1.82, 2.24) is 19.9 Å². The number of rotatable bonds is 6. The third-order valence-electron chi connectivity index (χ3n) is 2.69. The van der Waals surface area contributed by atoms with Gasteiger partial charge < -0.3 is 14.3 Å². The highest BCUT2D eigenvalue weighted by atomic mass is 16.4. The Morgan fingerprint density at radius 1 is 1.39 bits per heavy atom. The highest BCUT2D eigenvalue weighted by Crippen LogP contribution is 2.18. The number of hydrogen-bond acceptors (Lipinski definition) is 4. The van der Waals surface area contributed by atoms with Crippen LogP contribution in [0.15, 0.2) is 23.1 Å². The molecule has 0 unspecified atom stereocenters. The Bertz CT molecular complexity index is 487. The Balaban J connectivity index is 1.89. The van der Waals surface area contributed by atoms with Crippen molar-refractivity contribution >= 4 is 0 Å². The van der Waals surface area contributed by atoms with Crippen LogP contribution in [0.2, 0.25) is 0 Å². The van der Waals surface area contributed by atoms with E-state index < -0.39 is 0 Å². The Kier molecular flexibility index (Phi) is 4.15. The van der Waals surface area contributed by atoms with Gasteiger partial charge in [0.15, 0.2) is 11.7 Å². The monoisotopic (exact) mass is 248 g/mol. The van der Waals surface area contributed by atoms with Gasteiger partial charge in [0.1, 0.15) is 5.69 Å². The molecule has 18 heavy (non-hydrogen) atoms. The number of aryl methyl sites for hydroxylation is 1. The first-order valence-corrected chi connectivity index (χ1v) is 6.29. The second kappa shape index (κ2) is 5.82. The SMILES string of the molecule is CC(C)CNCCc1ncc(-c2cncn2C)o1. The summed E-state index contributed by atoms with van der Waals surface area (Å²) >= 11 is 0. The maximum Gasteiger partial charge on any atom is 0.196 e. The fourth-order valence-corrected chi connectivity index (χ4v) is 1.72. The van der Waals surface area contributed by atoms with Gasteiger partial charge in [0.25, 0.3) is 0 Å². The Labute approximate surface area is 107 Å². The molecule has 0 aromatic carbocycles. The van der Waals surface area contributed by atoms with E-state index >= 15 is 0 Å². The van der Waals surface area contributed by atoms with Crippen LogP contribution in [0.4, 0.5) is 0 Å². The molecule has 2 aromatic rings. The molecule has 0 amide bonds. The third-order valence-corrected chi connectivity index (χ3v) is 2.69. The first-order valence-electron chi connectivity index (χ1n) is 6.29. The summed E-state index contributed by atoms with van der Waals surface area (Å²) in [4.78, 5) is 8.35. The normalized spacial score (nSPS) is 11.3. The minimum Gasteiger partial charge on any atom is -0.439 e. The highest BCUT2D eigenvalue weighted by Gasteiger charge is 2.09. The van der Waals surface area contributed by atoms with Crippen molar-refractivity contribution in [1.29, 1.82) is 0 Å². The van der Waals surface area contributed by atoms with Gasteiger partial charge in [0.2, 0.25) is 0 Å². The lowest BCUT2D eigenvalue weighted by atomic mass is 10.2. The highest BCUT2D eigenvalue weighted by molar-refractivity contribution is 5.49. The zero-order valence-electron chi connectivity index (χ0n) is 11.2. The van der Waals surface area contributed by atoms with Gasteiger partial charge in [-0.25, -0.2) is 9.97 Å². The predicted molar refractivity (Wildman–Crippen MR) is 70.1 cm³/mol. The Morgan fingerprint density at radius 3 is 2.89 bits per heavy atom. The Hall–Kier alpha value is -1.62. The van der Waals surface area contributed by atoms with Crippen LogP contribution in [0.3, 0.4) is 0 Å². The van der Waals surface area contributed by atoms with E-state index in [9.17, 15) is 0 Å². The molecule has 2 heterocycles. The molecule has 5 heteroatoms. The van der Waals surface area contributed by atoms with E-state index in [2.05, 4.69) is 29.1 Å². The Morgan fingerprint density at radius 2 is 2.22 bits per heavy atom. The molecule has 1 N–H and O–H groups in total. The van der Waals surface area contributed by atoms with Crippen LogP contribution in [0, 0.1) is 5.92 Å². The molecule has 0 radical (unpaired) electrons. The molecule has 0 aliphatic heterocycles. The summed E-state index contributed by atoms with van der Waals surface area (Å²) in [7, 11) is 1.94. The van der Waals surface area contributed by atoms with Gasteiger partial charge in [-0.3, -0.25) is 0 Å². The second-order valence-electron chi connectivity index (χ2n) is 4.86. The third kappa shape index (κ3) is 3.20. The van der Waals surface area contributed by atoms with Crippen molar-refractivity contribution in [3.63, 3.8) is 0 Å². The van der Waals surface area contributed by atoms with Gasteiger partial charge in [-0.05, 0) is 12.5 Å². The van der Waals surface area contributed by atoms with Gasteiger partial charge >= 0.3 is 0 Å². The van der Waals surface area contributed by atoms with Crippen LogP contribution in [0.25, 0.3) is 11.5 Å². The maximum absolute atomic E-state index is 5.70. The molecule has 0 saturated heterocycles. The van der Waals surface area contributed by atoms with Crippen molar-refractivity contribution in [2.24, 2.45) is 13.0 Å². The summed E-state index contributed by atoms with van der Waals surface area (Å²) < 4.78 is 7.62. The lowest BCUT2D eigenvalue weighted by Crippen LogP contribution is -2.22. The molecule has 2 rings (SSSR count). The van der Waals surface area contributed by atoms with E-state index in [4.69, 9.17) is 4.42 Å². The summed E-state index contributed by atoms with van der Waals surface area (Å²) in [5.74, 6) is 2.20. The predicted octanol–water partition coefficient (Wildman–Crippen LogP) is 1.86. The molecular weight excluding hydrogens is 228 g/mol. The molecule has 0 bridgehead atoms. The minimum absolute atomic E-state index is 0.666. The fraction of sp³-hybridized carbons (Fsp3) is 0.538. The van der Waals surface area contributed by atoms with Gasteiger partial charge in [-0.15, -0.1) is 0 Å². The summed E-state index contributed by atoms with van der Waals surface area (Å²) in [6.45, 7) is 6.30. The van der Waals surface area contributed by atoms with Gasteiger partial charge in [0, 0.05) is 20.0 Å². The van der Waals surface area contributed by atoms with E-state index in [1.54, 1.807) is 18.7 Å². The van der Waals surface area contributed by atoms with Gasteiger partial charge in [-0.1, -0.05) is 13.8 Å². The molecule has 0 aliphatic carbocycles. The van der Waals surface area contributed by atoms with Gasteiger partial charge in [0.05, 0.1) is 18.7 Å². The van der Waals surface area contributed by atoms with Crippen LogP contribution in [-0.2, 0) is 13.5 Å². The van der Waals surface area contributed by atoms with E-state index in [0.29, 0.717) is 5.92 Å². The lowest BCUT2D eigenvalue weighted by molar-refractivity contribution is 0.481. The summed E-state index contributed by atoms with van der Waals surface area (Å²) in [5.41, 5.74) is 0.948. The molecule has 0 atom stereocenters. The number of aromatic nitrogens is 3. The average molecular weight is 248 g/mol. The zero-order valence-corrected chi connectivity index (χ0v) is 11.2. The smallest absolute Gasteiger partial charge is 0.196 e. The number of hydrogen-bond donors (Lipinski definition) is 1. The van der Waals surface area contributed by atoms with Crippen LogP contribution in [0.5, 0.6) is 0 Å². The quantitative estimate of drug-likeness (QED) is 0.793. The van der Waals surface area contributed by atoms with Crippen molar-refractivity contribution in [2.75, 3.05) is 13.1 Å². The topological polar surface area (TPSA) is 55.9 Å². The summed E-state index contributed by atoms with van der Waals surface area (Å²) in [6.07, 6.45) is 6.10. The van der Waals surface area contributed by atoms with Crippen molar-refractivity contribution in [2.45, 2.75) is 20.3 Å². The van der Waals surface area contributed by atoms with Crippen molar-refractivity contribution in [3.05, 3.63) is 24.6 Å². The van der Waals surface area contributed by atoms with E-state index in [1.165, 1.54) is 0 Å². The van der Waals surface area contributed by atoms with Crippen LogP contribution in [-0.4, -0.2) is 27.6 Å². The molecule has 0 aliphatic rings. The second-order valence-corrected chi connectivity index (χ2v) is 4.86. The first-order chi connectivity index (χ1) is 8.66. The average Bonchev–Trinajstić information content (AvgIpc) is 2.92. The van der Waals surface area contributed by atoms with E-state index in [1.807, 2.05) is 11.6 Å². The largest absolute Gasteiger partial charge is 0.439 e. The molecule has 98 valence electrons. The van der Waals surface area contributed by atoms with E-state index in [0.717, 1.165) is 36.9 Å². The molecular formula is C13H20N4O. The molecule has 0 spiro atoms. The minimum atomic E-state index is 0.666. The fourth-order valence-electron chi connectivity index (χ4n) is 1.72. The molecule has 0 fully saturated rings. The molecule has 2 aromatic heterocycles. The molecule has 5 nitrogen and oxygen atoms in total. The zero-order chi connectivity index (χ0) is 13.0. The summed E-state index contributed by atoms with van der Waals surface area (Å²) in [6, 6.07) is 0. The van der Waals surface area contributed by atoms with E-state index in [-0.39, 0.29) is 0 Å². The maximum atomic E-state index is 5.70.